The van der Waals surface area contributed by atoms with Gasteiger partial charge in [-0.05, 0) is 12.8 Å². The number of amides is 1. The lowest BCUT2D eigenvalue weighted by molar-refractivity contribution is -0.129. The number of hydrogen-bond acceptors (Lipinski definition) is 4. The van der Waals surface area contributed by atoms with Gasteiger partial charge in [0.25, 0.3) is 5.56 Å². The number of halogens is 1. The van der Waals surface area contributed by atoms with E-state index in [4.69, 9.17) is 11.6 Å². The van der Waals surface area contributed by atoms with Gasteiger partial charge in [-0.3, -0.25) is 9.59 Å². The van der Waals surface area contributed by atoms with Crippen molar-refractivity contribution in [3.8, 4) is 0 Å². The number of carbonyl (C=O) groups is 1. The first-order valence-electron chi connectivity index (χ1n) is 5.93. The number of nitrogens with one attached hydrogen (secondary N) is 2. The first kappa shape index (κ1) is 12.9. The molecule has 1 fully saturated rings. The number of H-pyrrole nitrogens is 1. The van der Waals surface area contributed by atoms with Gasteiger partial charge in [-0.25, -0.2) is 4.98 Å². The Morgan fingerprint density at radius 1 is 1.50 bits per heavy atom. The van der Waals surface area contributed by atoms with E-state index in [1.807, 2.05) is 4.90 Å². The highest BCUT2D eigenvalue weighted by Crippen LogP contribution is 2.12. The summed E-state index contributed by atoms with van der Waals surface area (Å²) in [5.74, 6) is 0.440. The zero-order valence-electron chi connectivity index (χ0n) is 9.91. The predicted molar refractivity (Wildman–Crippen MR) is 68.8 cm³/mol. The van der Waals surface area contributed by atoms with Crippen LogP contribution in [0.15, 0.2) is 11.1 Å². The fraction of sp³-hybridized carbons (Fsp3) is 0.545. The van der Waals surface area contributed by atoms with Crippen molar-refractivity contribution in [3.05, 3.63) is 21.7 Å². The number of carbonyl (C=O) groups excluding carboxylic acids is 1. The first-order chi connectivity index (χ1) is 8.68. The maximum Gasteiger partial charge on any atom is 0.271 e. The maximum absolute atomic E-state index is 11.8. The van der Waals surface area contributed by atoms with Gasteiger partial charge in [0, 0.05) is 26.1 Å². The number of hydrogen-bond donors (Lipinski definition) is 2. The standard InChI is InChI=1S/C11H15ClN4O2/c12-9-10(14-7-15-11(9)18)13-4-3-8(17)16-5-1-2-6-16/h7H,1-6H2,(H2,13,14,15,18). The maximum atomic E-state index is 11.8. The summed E-state index contributed by atoms with van der Waals surface area (Å²) in [5, 5.41) is 2.92. The molecule has 0 radical (unpaired) electrons. The van der Waals surface area contributed by atoms with Gasteiger partial charge in [0.05, 0.1) is 6.33 Å². The molecule has 0 unspecified atom stereocenters. The lowest BCUT2D eigenvalue weighted by atomic mass is 10.3. The Labute approximate surface area is 109 Å². The molecule has 2 heterocycles. The van der Waals surface area contributed by atoms with Crippen molar-refractivity contribution < 1.29 is 4.79 Å². The summed E-state index contributed by atoms with van der Waals surface area (Å²) < 4.78 is 0. The number of likely N-dealkylation sites (tertiary alicyclic amines) is 1. The van der Waals surface area contributed by atoms with Crippen molar-refractivity contribution in [2.75, 3.05) is 25.0 Å². The third-order valence-corrected chi connectivity index (χ3v) is 3.24. The molecule has 0 spiro atoms. The van der Waals surface area contributed by atoms with Crippen LogP contribution in [0.25, 0.3) is 0 Å². The van der Waals surface area contributed by atoms with Crippen molar-refractivity contribution in [1.82, 2.24) is 14.9 Å². The van der Waals surface area contributed by atoms with Crippen molar-refractivity contribution >= 4 is 23.3 Å². The van der Waals surface area contributed by atoms with Gasteiger partial charge in [-0.15, -0.1) is 0 Å². The van der Waals surface area contributed by atoms with Crippen LogP contribution in [0.1, 0.15) is 19.3 Å². The second kappa shape index (κ2) is 5.86. The SMILES string of the molecule is O=C(CCNc1nc[nH]c(=O)c1Cl)N1CCCC1. The second-order valence-electron chi connectivity index (χ2n) is 4.16. The van der Waals surface area contributed by atoms with E-state index < -0.39 is 0 Å². The van der Waals surface area contributed by atoms with Crippen molar-refractivity contribution in [3.63, 3.8) is 0 Å². The minimum atomic E-state index is -0.389. The molecule has 6 nitrogen and oxygen atoms in total. The zero-order chi connectivity index (χ0) is 13.0. The van der Waals surface area contributed by atoms with Crippen LogP contribution in [-0.4, -0.2) is 40.4 Å². The summed E-state index contributed by atoms with van der Waals surface area (Å²) in [6.07, 6.45) is 3.82. The molecule has 1 aromatic rings. The highest BCUT2D eigenvalue weighted by Gasteiger charge is 2.17. The van der Waals surface area contributed by atoms with Crippen LogP contribution < -0.4 is 10.9 Å². The molecular formula is C11H15ClN4O2. The lowest BCUT2D eigenvalue weighted by Crippen LogP contribution is -2.29. The molecule has 0 aliphatic carbocycles. The monoisotopic (exact) mass is 270 g/mol. The Morgan fingerprint density at radius 3 is 2.94 bits per heavy atom. The molecule has 0 atom stereocenters. The lowest BCUT2D eigenvalue weighted by Gasteiger charge is -2.15. The largest absolute Gasteiger partial charge is 0.368 e. The Kier molecular flexibility index (Phi) is 4.19. The van der Waals surface area contributed by atoms with Crippen molar-refractivity contribution in [2.45, 2.75) is 19.3 Å². The fourth-order valence-electron chi connectivity index (χ4n) is 1.92. The Hall–Kier alpha value is -1.56. The van der Waals surface area contributed by atoms with Crippen molar-refractivity contribution in [2.24, 2.45) is 0 Å². The number of aromatic nitrogens is 2. The minimum Gasteiger partial charge on any atom is -0.368 e. The van der Waals surface area contributed by atoms with E-state index in [0.717, 1.165) is 25.9 Å². The molecule has 1 amide bonds. The van der Waals surface area contributed by atoms with Gasteiger partial charge in [0.15, 0.2) is 5.82 Å². The summed E-state index contributed by atoms with van der Waals surface area (Å²) in [7, 11) is 0. The van der Waals surface area contributed by atoms with Crippen molar-refractivity contribution in [1.29, 1.82) is 0 Å². The van der Waals surface area contributed by atoms with Crippen LogP contribution in [0.5, 0.6) is 0 Å². The molecule has 2 rings (SSSR count). The van der Waals surface area contributed by atoms with Gasteiger partial charge in [-0.2, -0.15) is 0 Å². The predicted octanol–water partition coefficient (Wildman–Crippen LogP) is 0.848. The van der Waals surface area contributed by atoms with Crippen LogP contribution >= 0.6 is 11.6 Å². The molecule has 98 valence electrons. The number of anilines is 1. The van der Waals surface area contributed by atoms with Gasteiger partial charge in [0.2, 0.25) is 5.91 Å². The van der Waals surface area contributed by atoms with Crippen LogP contribution in [0.4, 0.5) is 5.82 Å². The van der Waals surface area contributed by atoms with E-state index in [0.29, 0.717) is 18.8 Å². The molecule has 1 aromatic heterocycles. The van der Waals surface area contributed by atoms with E-state index in [1.165, 1.54) is 6.33 Å². The quantitative estimate of drug-likeness (QED) is 0.850. The summed E-state index contributed by atoms with van der Waals surface area (Å²) in [6, 6.07) is 0. The van der Waals surface area contributed by atoms with Crippen LogP contribution in [-0.2, 0) is 4.79 Å². The smallest absolute Gasteiger partial charge is 0.271 e. The molecule has 1 aliphatic rings. The van der Waals surface area contributed by atoms with Gasteiger partial charge in [-0.1, -0.05) is 11.6 Å². The number of rotatable bonds is 4. The third-order valence-electron chi connectivity index (χ3n) is 2.89. The second-order valence-corrected chi connectivity index (χ2v) is 4.54. The molecule has 2 N–H and O–H groups in total. The summed E-state index contributed by atoms with van der Waals surface area (Å²) in [5.41, 5.74) is -0.389. The molecule has 1 aliphatic heterocycles. The molecular weight excluding hydrogens is 256 g/mol. The van der Waals surface area contributed by atoms with Gasteiger partial charge >= 0.3 is 0 Å². The highest BCUT2D eigenvalue weighted by atomic mass is 35.5. The highest BCUT2D eigenvalue weighted by molar-refractivity contribution is 6.32. The van der Waals surface area contributed by atoms with Crippen LogP contribution in [0.3, 0.4) is 0 Å². The number of nitrogens with zero attached hydrogens (tertiary/aromatic N) is 2. The third kappa shape index (κ3) is 3.01. The van der Waals surface area contributed by atoms with Gasteiger partial charge in [0.1, 0.15) is 5.02 Å². The molecule has 7 heteroatoms. The molecule has 18 heavy (non-hydrogen) atoms. The average molecular weight is 271 g/mol. The topological polar surface area (TPSA) is 78.1 Å². The zero-order valence-corrected chi connectivity index (χ0v) is 10.7. The van der Waals surface area contributed by atoms with Crippen LogP contribution in [0.2, 0.25) is 5.02 Å². The van der Waals surface area contributed by atoms with Gasteiger partial charge < -0.3 is 15.2 Å². The Bertz CT molecular complexity index is 482. The summed E-state index contributed by atoms with van der Waals surface area (Å²) in [4.78, 5) is 31.1. The fourth-order valence-corrected chi connectivity index (χ4v) is 2.09. The van der Waals surface area contributed by atoms with E-state index in [-0.39, 0.29) is 16.5 Å². The Balaban J connectivity index is 1.83. The average Bonchev–Trinajstić information content (AvgIpc) is 2.88. The van der Waals surface area contributed by atoms with E-state index in [1.54, 1.807) is 0 Å². The van der Waals surface area contributed by atoms with E-state index >= 15 is 0 Å². The molecule has 0 aromatic carbocycles. The molecule has 0 saturated carbocycles. The normalized spacial score (nSPS) is 14.8. The van der Waals surface area contributed by atoms with E-state index in [2.05, 4.69) is 15.3 Å². The number of aromatic amines is 1. The van der Waals surface area contributed by atoms with E-state index in [9.17, 15) is 9.59 Å². The molecule has 0 bridgehead atoms. The van der Waals surface area contributed by atoms with Crippen LogP contribution in [0, 0.1) is 0 Å². The first-order valence-corrected chi connectivity index (χ1v) is 6.31. The molecule has 1 saturated heterocycles. The Morgan fingerprint density at radius 2 is 2.22 bits per heavy atom. The summed E-state index contributed by atoms with van der Waals surface area (Å²) in [6.45, 7) is 2.12. The minimum absolute atomic E-state index is 0.0196. The summed E-state index contributed by atoms with van der Waals surface area (Å²) >= 11 is 5.77.